The first-order chi connectivity index (χ1) is 8.38. The number of benzene rings is 1. The number of carbonyl (C=O) groups excluding carboxylic acids is 1. The second-order valence-corrected chi connectivity index (χ2v) is 6.59. The molecular weight excluding hydrogens is 303 g/mol. The van der Waals surface area contributed by atoms with E-state index in [0.29, 0.717) is 13.2 Å². The molecule has 0 bridgehead atoms. The maximum atomic E-state index is 11.7. The van der Waals surface area contributed by atoms with Crippen LogP contribution in [-0.4, -0.2) is 33.7 Å². The molecule has 1 aliphatic heterocycles. The minimum atomic E-state index is -4.00. The molecule has 1 heterocycles. The van der Waals surface area contributed by atoms with E-state index in [0.717, 1.165) is 6.07 Å². The van der Waals surface area contributed by atoms with Crippen molar-refractivity contribution in [3.05, 3.63) is 28.8 Å². The Labute approximate surface area is 113 Å². The second-order valence-electron chi connectivity index (χ2n) is 3.65. The van der Waals surface area contributed by atoms with Crippen molar-refractivity contribution in [2.24, 2.45) is 0 Å². The molecule has 1 fully saturated rings. The molecule has 0 spiro atoms. The lowest BCUT2D eigenvalue weighted by atomic mass is 10.2. The molecule has 5 nitrogen and oxygen atoms in total. The molecule has 1 saturated heterocycles. The minimum Gasteiger partial charge on any atom is -0.454 e. The molecule has 0 radical (unpaired) electrons. The number of ether oxygens (including phenoxy) is 2. The van der Waals surface area contributed by atoms with Crippen LogP contribution in [0.2, 0.25) is 5.02 Å². The molecule has 0 atom stereocenters. The lowest BCUT2D eigenvalue weighted by Gasteiger charge is -2.25. The fourth-order valence-electron chi connectivity index (χ4n) is 1.32. The van der Waals surface area contributed by atoms with Crippen molar-refractivity contribution in [1.82, 2.24) is 0 Å². The van der Waals surface area contributed by atoms with Crippen LogP contribution in [-0.2, 0) is 18.5 Å². The van der Waals surface area contributed by atoms with Gasteiger partial charge in [0.1, 0.15) is 11.0 Å². The number of halogens is 2. The van der Waals surface area contributed by atoms with Gasteiger partial charge in [0.15, 0.2) is 0 Å². The summed E-state index contributed by atoms with van der Waals surface area (Å²) in [5.74, 6) is -0.637. The average molecular weight is 311 g/mol. The van der Waals surface area contributed by atoms with Crippen molar-refractivity contribution >= 4 is 37.3 Å². The van der Waals surface area contributed by atoms with Gasteiger partial charge in [-0.25, -0.2) is 13.2 Å². The Hall–Kier alpha value is -0.820. The highest BCUT2D eigenvalue weighted by Crippen LogP contribution is 2.26. The summed E-state index contributed by atoms with van der Waals surface area (Å²) >= 11 is 5.69. The molecule has 18 heavy (non-hydrogen) atoms. The van der Waals surface area contributed by atoms with Crippen molar-refractivity contribution < 1.29 is 22.7 Å². The highest BCUT2D eigenvalue weighted by molar-refractivity contribution is 8.13. The van der Waals surface area contributed by atoms with Gasteiger partial charge < -0.3 is 9.47 Å². The summed E-state index contributed by atoms with van der Waals surface area (Å²) < 4.78 is 32.3. The number of rotatable bonds is 3. The van der Waals surface area contributed by atoms with E-state index in [2.05, 4.69) is 0 Å². The first-order valence-electron chi connectivity index (χ1n) is 4.91. The SMILES string of the molecule is O=C(OC1COC1)c1ccc(Cl)c(S(=O)(=O)Cl)c1. The molecular formula is C10H8Cl2O5S. The predicted octanol–water partition coefficient (Wildman–Crippen LogP) is 1.82. The van der Waals surface area contributed by atoms with Gasteiger partial charge in [-0.15, -0.1) is 0 Å². The Morgan fingerprint density at radius 2 is 2.06 bits per heavy atom. The molecule has 0 amide bonds. The molecule has 8 heteroatoms. The van der Waals surface area contributed by atoms with Crippen LogP contribution in [0.1, 0.15) is 10.4 Å². The zero-order chi connectivity index (χ0) is 13.3. The molecule has 0 N–H and O–H groups in total. The van der Waals surface area contributed by atoms with E-state index in [9.17, 15) is 13.2 Å². The van der Waals surface area contributed by atoms with Crippen LogP contribution in [0, 0.1) is 0 Å². The fraction of sp³-hybridized carbons (Fsp3) is 0.300. The van der Waals surface area contributed by atoms with Gasteiger partial charge >= 0.3 is 5.97 Å². The quantitative estimate of drug-likeness (QED) is 0.629. The van der Waals surface area contributed by atoms with Gasteiger partial charge in [0.05, 0.1) is 23.8 Å². The Balaban J connectivity index is 2.26. The van der Waals surface area contributed by atoms with E-state index in [4.69, 9.17) is 31.8 Å². The highest BCUT2D eigenvalue weighted by atomic mass is 35.7. The van der Waals surface area contributed by atoms with E-state index >= 15 is 0 Å². The smallest absolute Gasteiger partial charge is 0.338 e. The largest absolute Gasteiger partial charge is 0.454 e. The Morgan fingerprint density at radius 3 is 2.56 bits per heavy atom. The Kier molecular flexibility index (Phi) is 3.82. The monoisotopic (exact) mass is 310 g/mol. The number of esters is 1. The van der Waals surface area contributed by atoms with Crippen molar-refractivity contribution in [3.63, 3.8) is 0 Å². The first-order valence-corrected chi connectivity index (χ1v) is 7.59. The van der Waals surface area contributed by atoms with Crippen molar-refractivity contribution in [2.75, 3.05) is 13.2 Å². The first kappa shape index (κ1) is 13.6. The van der Waals surface area contributed by atoms with Crippen LogP contribution in [0.25, 0.3) is 0 Å². The summed E-state index contributed by atoms with van der Waals surface area (Å²) in [5.41, 5.74) is 0.0746. The third kappa shape index (κ3) is 2.95. The number of hydrogen-bond donors (Lipinski definition) is 0. The van der Waals surface area contributed by atoms with Crippen LogP contribution >= 0.6 is 22.3 Å². The van der Waals surface area contributed by atoms with Gasteiger partial charge in [0.2, 0.25) is 0 Å². The molecule has 1 aliphatic rings. The second kappa shape index (κ2) is 5.05. The van der Waals surface area contributed by atoms with E-state index < -0.39 is 15.0 Å². The normalized spacial score (nSPS) is 16.1. The minimum absolute atomic E-state index is 0.0477. The maximum absolute atomic E-state index is 11.7. The van der Waals surface area contributed by atoms with Gasteiger partial charge in [-0.05, 0) is 18.2 Å². The molecule has 0 unspecified atom stereocenters. The van der Waals surface area contributed by atoms with Crippen molar-refractivity contribution in [3.8, 4) is 0 Å². The predicted molar refractivity (Wildman–Crippen MR) is 64.5 cm³/mol. The summed E-state index contributed by atoms with van der Waals surface area (Å²) in [7, 11) is 1.20. The molecule has 2 rings (SSSR count). The van der Waals surface area contributed by atoms with E-state index in [1.165, 1.54) is 12.1 Å². The van der Waals surface area contributed by atoms with E-state index in [1.54, 1.807) is 0 Å². The van der Waals surface area contributed by atoms with Crippen LogP contribution < -0.4 is 0 Å². The van der Waals surface area contributed by atoms with Crippen molar-refractivity contribution in [1.29, 1.82) is 0 Å². The number of carbonyl (C=O) groups is 1. The van der Waals surface area contributed by atoms with Gasteiger partial charge in [-0.3, -0.25) is 0 Å². The fourth-order valence-corrected chi connectivity index (χ4v) is 2.81. The van der Waals surface area contributed by atoms with Gasteiger partial charge in [-0.1, -0.05) is 11.6 Å². The highest BCUT2D eigenvalue weighted by Gasteiger charge is 2.24. The standard InChI is InChI=1S/C10H8Cl2O5S/c11-8-2-1-6(3-9(8)18(12,14)15)10(13)17-7-4-16-5-7/h1-3,7H,4-5H2. The van der Waals surface area contributed by atoms with Gasteiger partial charge in [0.25, 0.3) is 9.05 Å². The summed E-state index contributed by atoms with van der Waals surface area (Å²) in [4.78, 5) is 11.4. The van der Waals surface area contributed by atoms with Crippen LogP contribution in [0.4, 0.5) is 0 Å². The van der Waals surface area contributed by atoms with Crippen LogP contribution in [0.15, 0.2) is 23.1 Å². The average Bonchev–Trinajstić information content (AvgIpc) is 2.22. The summed E-state index contributed by atoms with van der Waals surface area (Å²) in [6.07, 6.45) is -0.288. The molecule has 1 aromatic rings. The molecule has 0 saturated carbocycles. The lowest BCUT2D eigenvalue weighted by Crippen LogP contribution is -2.37. The third-order valence-corrected chi connectivity index (χ3v) is 4.11. The maximum Gasteiger partial charge on any atom is 0.338 e. The Bertz CT molecular complexity index is 580. The van der Waals surface area contributed by atoms with Crippen LogP contribution in [0.3, 0.4) is 0 Å². The summed E-state index contributed by atoms with van der Waals surface area (Å²) in [6.45, 7) is 0.694. The molecule has 0 aliphatic carbocycles. The summed E-state index contributed by atoms with van der Waals surface area (Å²) in [6, 6.07) is 3.74. The zero-order valence-electron chi connectivity index (χ0n) is 8.93. The topological polar surface area (TPSA) is 69.7 Å². The van der Waals surface area contributed by atoms with Crippen LogP contribution in [0.5, 0.6) is 0 Å². The van der Waals surface area contributed by atoms with E-state index in [-0.39, 0.29) is 21.6 Å². The lowest BCUT2D eigenvalue weighted by molar-refractivity contribution is -0.103. The van der Waals surface area contributed by atoms with Gasteiger partial charge in [0, 0.05) is 10.7 Å². The van der Waals surface area contributed by atoms with Gasteiger partial charge in [-0.2, -0.15) is 0 Å². The third-order valence-electron chi connectivity index (χ3n) is 2.31. The molecule has 98 valence electrons. The molecule has 1 aromatic carbocycles. The zero-order valence-corrected chi connectivity index (χ0v) is 11.3. The Morgan fingerprint density at radius 1 is 1.39 bits per heavy atom. The number of hydrogen-bond acceptors (Lipinski definition) is 5. The van der Waals surface area contributed by atoms with E-state index in [1.807, 2.05) is 0 Å². The van der Waals surface area contributed by atoms with Crippen molar-refractivity contribution in [2.45, 2.75) is 11.0 Å². The molecule has 0 aromatic heterocycles. The summed E-state index contributed by atoms with van der Waals surface area (Å²) in [5, 5.41) is -0.0477.